The maximum Gasteiger partial charge on any atom is 0.362 e. The molecule has 0 spiro atoms. The van der Waals surface area contributed by atoms with E-state index in [0.717, 1.165) is 37.6 Å². The molecule has 170 valence electrons. The topological polar surface area (TPSA) is 64.4 Å². The number of aromatic nitrogens is 2. The number of esters is 1. The Morgan fingerprint density at radius 3 is 2.44 bits per heavy atom. The molecule has 0 radical (unpaired) electrons. The number of carbonyl (C=O) groups is 1. The lowest BCUT2D eigenvalue weighted by molar-refractivity contribution is 0.0515. The smallest absolute Gasteiger partial charge is 0.362 e. The summed E-state index contributed by atoms with van der Waals surface area (Å²) in [6.45, 7) is 8.41. The van der Waals surface area contributed by atoms with E-state index in [2.05, 4.69) is 42.5 Å². The van der Waals surface area contributed by atoms with Crippen LogP contribution in [0.25, 0.3) is 11.0 Å². The van der Waals surface area contributed by atoms with Crippen molar-refractivity contribution in [1.82, 2.24) is 14.5 Å². The van der Waals surface area contributed by atoms with E-state index in [9.17, 15) is 9.59 Å². The summed E-state index contributed by atoms with van der Waals surface area (Å²) in [4.78, 5) is 32.9. The summed E-state index contributed by atoms with van der Waals surface area (Å²) >= 11 is 0. The SMILES string of the molecule is CCOC(=O)c1nc2ccccc2n(C2C[C@H]3CC[C@@H](C2)N3C(C#CC(C)C)CC)c1=O. The van der Waals surface area contributed by atoms with Gasteiger partial charge >= 0.3 is 5.97 Å². The Kier molecular flexibility index (Phi) is 6.66. The number of piperidine rings is 1. The molecule has 4 rings (SSSR count). The number of ether oxygens (including phenoxy) is 1. The Hall–Kier alpha value is -2.65. The van der Waals surface area contributed by atoms with Crippen molar-refractivity contribution < 1.29 is 9.53 Å². The fraction of sp³-hybridized carbons (Fsp3) is 0.577. The lowest BCUT2D eigenvalue weighted by atomic mass is 9.94. The van der Waals surface area contributed by atoms with Gasteiger partial charge < -0.3 is 9.30 Å². The third-order valence-electron chi connectivity index (χ3n) is 6.68. The lowest BCUT2D eigenvalue weighted by Crippen LogP contribution is -2.49. The van der Waals surface area contributed by atoms with Gasteiger partial charge in [0.1, 0.15) is 0 Å². The van der Waals surface area contributed by atoms with E-state index >= 15 is 0 Å². The number of rotatable bonds is 5. The van der Waals surface area contributed by atoms with E-state index in [1.807, 2.05) is 28.8 Å². The Labute approximate surface area is 190 Å². The molecule has 32 heavy (non-hydrogen) atoms. The minimum atomic E-state index is -0.646. The summed E-state index contributed by atoms with van der Waals surface area (Å²) < 4.78 is 6.94. The molecule has 2 unspecified atom stereocenters. The third-order valence-corrected chi connectivity index (χ3v) is 6.68. The molecule has 2 bridgehead atoms. The molecule has 2 aromatic rings. The van der Waals surface area contributed by atoms with Crippen molar-refractivity contribution in [3.05, 3.63) is 40.3 Å². The fourth-order valence-electron chi connectivity index (χ4n) is 5.40. The molecule has 2 aliphatic heterocycles. The van der Waals surface area contributed by atoms with Gasteiger partial charge in [0.15, 0.2) is 0 Å². The van der Waals surface area contributed by atoms with E-state index in [4.69, 9.17) is 4.74 Å². The zero-order chi connectivity index (χ0) is 22.8. The molecule has 3 heterocycles. The van der Waals surface area contributed by atoms with Crippen molar-refractivity contribution in [2.75, 3.05) is 6.61 Å². The quantitative estimate of drug-likeness (QED) is 0.521. The zero-order valence-electron chi connectivity index (χ0n) is 19.5. The second kappa shape index (κ2) is 9.46. The van der Waals surface area contributed by atoms with Crippen molar-refractivity contribution in [1.29, 1.82) is 0 Å². The van der Waals surface area contributed by atoms with Crippen LogP contribution in [0.4, 0.5) is 0 Å². The van der Waals surface area contributed by atoms with Crippen LogP contribution >= 0.6 is 0 Å². The van der Waals surface area contributed by atoms with E-state index < -0.39 is 5.97 Å². The van der Waals surface area contributed by atoms with Crippen LogP contribution in [0.5, 0.6) is 0 Å². The number of benzene rings is 1. The molecule has 2 aliphatic rings. The van der Waals surface area contributed by atoms with E-state index in [1.165, 1.54) is 0 Å². The summed E-state index contributed by atoms with van der Waals surface area (Å²) in [6, 6.07) is 8.67. The number of hydrogen-bond donors (Lipinski definition) is 0. The van der Waals surface area contributed by atoms with Crippen molar-refractivity contribution in [2.24, 2.45) is 5.92 Å². The molecule has 1 aromatic heterocycles. The monoisotopic (exact) mass is 435 g/mol. The van der Waals surface area contributed by atoms with E-state index in [1.54, 1.807) is 6.92 Å². The fourth-order valence-corrected chi connectivity index (χ4v) is 5.40. The van der Waals surface area contributed by atoms with Crippen molar-refractivity contribution >= 4 is 17.0 Å². The van der Waals surface area contributed by atoms with Crippen LogP contribution in [0.1, 0.15) is 76.3 Å². The van der Waals surface area contributed by atoms with Gasteiger partial charge in [0, 0.05) is 24.0 Å². The molecular formula is C26H33N3O3. The van der Waals surface area contributed by atoms with Gasteiger partial charge in [-0.05, 0) is 51.2 Å². The molecule has 0 aliphatic carbocycles. The Bertz CT molecular complexity index is 1100. The van der Waals surface area contributed by atoms with Crippen molar-refractivity contribution in [2.45, 2.75) is 84.0 Å². The average Bonchev–Trinajstić information content (AvgIpc) is 3.02. The van der Waals surface area contributed by atoms with Gasteiger partial charge in [-0.3, -0.25) is 9.69 Å². The first-order valence-corrected chi connectivity index (χ1v) is 11.9. The first-order chi connectivity index (χ1) is 15.4. The number of carbonyl (C=O) groups excluding carboxylic acids is 1. The summed E-state index contributed by atoms with van der Waals surface area (Å²) in [5.74, 6) is 6.59. The van der Waals surface area contributed by atoms with Crippen LogP contribution in [-0.4, -0.2) is 45.2 Å². The first-order valence-electron chi connectivity index (χ1n) is 11.9. The van der Waals surface area contributed by atoms with Gasteiger partial charge in [0.05, 0.1) is 23.7 Å². The normalized spacial score (nSPS) is 23.7. The number of fused-ring (bicyclic) bond motifs is 3. The lowest BCUT2D eigenvalue weighted by Gasteiger charge is -2.42. The molecule has 2 fully saturated rings. The Balaban J connectivity index is 1.71. The summed E-state index contributed by atoms with van der Waals surface area (Å²) in [6.07, 6.45) is 5.02. The van der Waals surface area contributed by atoms with E-state index in [-0.39, 0.29) is 29.9 Å². The van der Waals surface area contributed by atoms with Gasteiger partial charge in [-0.1, -0.05) is 44.7 Å². The predicted molar refractivity (Wildman–Crippen MR) is 126 cm³/mol. The Morgan fingerprint density at radius 1 is 1.12 bits per heavy atom. The van der Waals surface area contributed by atoms with Gasteiger partial charge in [0.25, 0.3) is 5.56 Å². The van der Waals surface area contributed by atoms with Crippen molar-refractivity contribution in [3.63, 3.8) is 0 Å². The second-order valence-corrected chi connectivity index (χ2v) is 9.17. The van der Waals surface area contributed by atoms with Crippen LogP contribution in [0, 0.1) is 17.8 Å². The predicted octanol–water partition coefficient (Wildman–Crippen LogP) is 4.18. The molecule has 0 amide bonds. The Morgan fingerprint density at radius 2 is 1.81 bits per heavy atom. The van der Waals surface area contributed by atoms with Crippen LogP contribution in [0.2, 0.25) is 0 Å². The molecule has 6 heteroatoms. The molecule has 6 nitrogen and oxygen atoms in total. The summed E-state index contributed by atoms with van der Waals surface area (Å²) in [5.41, 5.74) is 0.982. The molecule has 0 saturated carbocycles. The minimum absolute atomic E-state index is 0.0351. The number of nitrogens with zero attached hydrogens (tertiary/aromatic N) is 3. The maximum atomic E-state index is 13.4. The molecule has 0 N–H and O–H groups in total. The largest absolute Gasteiger partial charge is 0.461 e. The van der Waals surface area contributed by atoms with Crippen molar-refractivity contribution in [3.8, 4) is 11.8 Å². The molecular weight excluding hydrogens is 402 g/mol. The van der Waals surface area contributed by atoms with Crippen LogP contribution in [-0.2, 0) is 4.74 Å². The van der Waals surface area contributed by atoms with Gasteiger partial charge in [-0.15, -0.1) is 0 Å². The highest BCUT2D eigenvalue weighted by Gasteiger charge is 2.44. The molecule has 4 atom stereocenters. The summed E-state index contributed by atoms with van der Waals surface area (Å²) in [7, 11) is 0. The minimum Gasteiger partial charge on any atom is -0.461 e. The van der Waals surface area contributed by atoms with Crippen LogP contribution in [0.3, 0.4) is 0 Å². The van der Waals surface area contributed by atoms with Gasteiger partial charge in [-0.2, -0.15) is 0 Å². The zero-order valence-corrected chi connectivity index (χ0v) is 19.5. The van der Waals surface area contributed by atoms with Crippen LogP contribution < -0.4 is 5.56 Å². The van der Waals surface area contributed by atoms with Gasteiger partial charge in [0.2, 0.25) is 5.69 Å². The summed E-state index contributed by atoms with van der Waals surface area (Å²) in [5, 5.41) is 0. The van der Waals surface area contributed by atoms with Gasteiger partial charge in [-0.25, -0.2) is 9.78 Å². The average molecular weight is 436 g/mol. The third kappa shape index (κ3) is 4.19. The van der Waals surface area contributed by atoms with Crippen LogP contribution in [0.15, 0.2) is 29.1 Å². The second-order valence-electron chi connectivity index (χ2n) is 9.17. The first kappa shape index (κ1) is 22.5. The standard InChI is InChI=1S/C26H33N3O3/c1-5-18(12-11-17(3)4)28-19-13-14-20(28)16-21(15-19)29-23-10-8-7-9-22(23)27-24(25(29)30)26(31)32-6-2/h7-10,17-21H,5-6,13-16H2,1-4H3/t18?,19-,20+,21?. The maximum absolute atomic E-state index is 13.4. The highest BCUT2D eigenvalue weighted by molar-refractivity contribution is 5.89. The number of hydrogen-bond acceptors (Lipinski definition) is 5. The highest BCUT2D eigenvalue weighted by Crippen LogP contribution is 2.42. The number of para-hydroxylation sites is 2. The molecule has 1 aromatic carbocycles. The highest BCUT2D eigenvalue weighted by atomic mass is 16.5. The van der Waals surface area contributed by atoms with E-state index in [0.29, 0.717) is 23.5 Å². The molecule has 2 saturated heterocycles.